The van der Waals surface area contributed by atoms with E-state index in [4.69, 9.17) is 4.74 Å². The number of thiophene rings is 1. The first-order valence-electron chi connectivity index (χ1n) is 5.51. The van der Waals surface area contributed by atoms with Crippen molar-refractivity contribution in [2.24, 2.45) is 0 Å². The van der Waals surface area contributed by atoms with E-state index in [1.54, 1.807) is 24.6 Å². The Morgan fingerprint density at radius 1 is 1.29 bits per heavy atom. The maximum absolute atomic E-state index is 5.21. The van der Waals surface area contributed by atoms with Gasteiger partial charge in [-0.3, -0.25) is 0 Å². The van der Waals surface area contributed by atoms with Gasteiger partial charge in [-0.2, -0.15) is 11.3 Å². The number of pyridine rings is 1. The van der Waals surface area contributed by atoms with Crippen molar-refractivity contribution in [2.75, 3.05) is 7.11 Å². The minimum atomic E-state index is 0.696. The van der Waals surface area contributed by atoms with Gasteiger partial charge in [-0.05, 0) is 34.9 Å². The molecule has 0 fully saturated rings. The fraction of sp³-hybridized carbons (Fsp3) is 0.308. The minimum absolute atomic E-state index is 0.696. The van der Waals surface area contributed by atoms with E-state index in [9.17, 15) is 0 Å². The van der Waals surface area contributed by atoms with Crippen molar-refractivity contribution < 1.29 is 4.74 Å². The number of ether oxygens (including phenoxy) is 1. The van der Waals surface area contributed by atoms with E-state index in [0.717, 1.165) is 18.7 Å². The van der Waals surface area contributed by atoms with Crippen molar-refractivity contribution in [3.63, 3.8) is 0 Å². The molecule has 0 aliphatic heterocycles. The van der Waals surface area contributed by atoms with Gasteiger partial charge < -0.3 is 10.1 Å². The van der Waals surface area contributed by atoms with Crippen LogP contribution in [0, 0.1) is 6.92 Å². The topological polar surface area (TPSA) is 34.1 Å². The van der Waals surface area contributed by atoms with Crippen LogP contribution in [-0.2, 0) is 13.1 Å². The van der Waals surface area contributed by atoms with Crippen LogP contribution in [0.15, 0.2) is 29.1 Å². The molecule has 0 bridgehead atoms. The summed E-state index contributed by atoms with van der Waals surface area (Å²) in [5.74, 6) is 0.696. The Kier molecular flexibility index (Phi) is 4.12. The Labute approximate surface area is 105 Å². The summed E-state index contributed by atoms with van der Waals surface area (Å²) < 4.78 is 5.21. The lowest BCUT2D eigenvalue weighted by molar-refractivity contribution is 0.390. The highest BCUT2D eigenvalue weighted by molar-refractivity contribution is 7.08. The largest absolute Gasteiger partial charge is 0.481 e. The van der Waals surface area contributed by atoms with Gasteiger partial charge in [0.2, 0.25) is 5.88 Å². The lowest BCUT2D eigenvalue weighted by atomic mass is 10.2. The number of rotatable bonds is 5. The molecule has 0 aromatic carbocycles. The smallest absolute Gasteiger partial charge is 0.217 e. The SMILES string of the molecule is COc1ncccc1CNCc1cscc1C. The average Bonchev–Trinajstić information content (AvgIpc) is 2.76. The van der Waals surface area contributed by atoms with E-state index in [-0.39, 0.29) is 0 Å². The molecular weight excluding hydrogens is 232 g/mol. The number of aryl methyl sites for hydroxylation is 1. The van der Waals surface area contributed by atoms with Crippen molar-refractivity contribution in [2.45, 2.75) is 20.0 Å². The molecule has 0 aliphatic rings. The molecule has 0 unspecified atom stereocenters. The molecule has 2 aromatic rings. The fourth-order valence-electron chi connectivity index (χ4n) is 1.64. The third kappa shape index (κ3) is 3.05. The molecule has 0 amide bonds. The van der Waals surface area contributed by atoms with Gasteiger partial charge in [0, 0.05) is 24.8 Å². The summed E-state index contributed by atoms with van der Waals surface area (Å²) in [6, 6.07) is 3.95. The Morgan fingerprint density at radius 3 is 2.82 bits per heavy atom. The molecule has 1 N–H and O–H groups in total. The lowest BCUT2D eigenvalue weighted by Crippen LogP contribution is -2.13. The first-order chi connectivity index (χ1) is 8.31. The predicted octanol–water partition coefficient (Wildman–Crippen LogP) is 2.75. The van der Waals surface area contributed by atoms with E-state index in [1.807, 2.05) is 12.1 Å². The second-order valence-electron chi connectivity index (χ2n) is 3.86. The summed E-state index contributed by atoms with van der Waals surface area (Å²) in [4.78, 5) is 4.17. The summed E-state index contributed by atoms with van der Waals surface area (Å²) in [6.45, 7) is 3.79. The summed E-state index contributed by atoms with van der Waals surface area (Å²) in [6.07, 6.45) is 1.74. The first-order valence-corrected chi connectivity index (χ1v) is 6.46. The third-order valence-electron chi connectivity index (χ3n) is 2.64. The van der Waals surface area contributed by atoms with Crippen LogP contribution in [-0.4, -0.2) is 12.1 Å². The fourth-order valence-corrected chi connectivity index (χ4v) is 2.50. The highest BCUT2D eigenvalue weighted by Crippen LogP contribution is 2.15. The molecule has 0 aliphatic carbocycles. The van der Waals surface area contributed by atoms with Crippen LogP contribution in [0.1, 0.15) is 16.7 Å². The Bertz CT molecular complexity index is 482. The molecule has 0 saturated heterocycles. The first kappa shape index (κ1) is 12.1. The lowest BCUT2D eigenvalue weighted by Gasteiger charge is -2.08. The summed E-state index contributed by atoms with van der Waals surface area (Å²) >= 11 is 1.74. The second kappa shape index (κ2) is 5.80. The molecule has 4 heteroatoms. The van der Waals surface area contributed by atoms with E-state index >= 15 is 0 Å². The summed E-state index contributed by atoms with van der Waals surface area (Å²) in [7, 11) is 1.65. The van der Waals surface area contributed by atoms with Crippen LogP contribution in [0.2, 0.25) is 0 Å². The molecule has 0 atom stereocenters. The maximum Gasteiger partial charge on any atom is 0.217 e. The quantitative estimate of drug-likeness (QED) is 0.883. The zero-order chi connectivity index (χ0) is 12.1. The van der Waals surface area contributed by atoms with E-state index in [0.29, 0.717) is 5.88 Å². The zero-order valence-electron chi connectivity index (χ0n) is 10.1. The van der Waals surface area contributed by atoms with Crippen LogP contribution < -0.4 is 10.1 Å². The standard InChI is InChI=1S/C13H16N2OS/c1-10-8-17-9-12(10)7-14-6-11-4-3-5-15-13(11)16-2/h3-5,8-9,14H,6-7H2,1-2H3. The highest BCUT2D eigenvalue weighted by Gasteiger charge is 2.03. The molecule has 0 spiro atoms. The number of methoxy groups -OCH3 is 1. The van der Waals surface area contributed by atoms with Gasteiger partial charge in [-0.25, -0.2) is 4.98 Å². The Balaban J connectivity index is 1.92. The molecular formula is C13H16N2OS. The zero-order valence-corrected chi connectivity index (χ0v) is 10.9. The van der Waals surface area contributed by atoms with Crippen LogP contribution in [0.5, 0.6) is 5.88 Å². The maximum atomic E-state index is 5.21. The molecule has 3 nitrogen and oxygen atoms in total. The second-order valence-corrected chi connectivity index (χ2v) is 4.60. The molecule has 2 aromatic heterocycles. The third-order valence-corrected chi connectivity index (χ3v) is 3.55. The van der Waals surface area contributed by atoms with Crippen molar-refractivity contribution in [1.82, 2.24) is 10.3 Å². The van der Waals surface area contributed by atoms with Gasteiger partial charge in [-0.15, -0.1) is 0 Å². The van der Waals surface area contributed by atoms with Gasteiger partial charge >= 0.3 is 0 Å². The highest BCUT2D eigenvalue weighted by atomic mass is 32.1. The van der Waals surface area contributed by atoms with E-state index < -0.39 is 0 Å². The Hall–Kier alpha value is -1.39. The van der Waals surface area contributed by atoms with Crippen LogP contribution >= 0.6 is 11.3 Å². The number of aromatic nitrogens is 1. The van der Waals surface area contributed by atoms with Crippen molar-refractivity contribution >= 4 is 11.3 Å². The summed E-state index contributed by atoms with van der Waals surface area (Å²) in [5, 5.41) is 7.76. The van der Waals surface area contributed by atoms with Crippen molar-refractivity contribution in [3.8, 4) is 5.88 Å². The predicted molar refractivity (Wildman–Crippen MR) is 70.4 cm³/mol. The molecule has 0 saturated carbocycles. The van der Waals surface area contributed by atoms with Crippen molar-refractivity contribution in [3.05, 3.63) is 45.8 Å². The normalized spacial score (nSPS) is 10.5. The van der Waals surface area contributed by atoms with Crippen molar-refractivity contribution in [1.29, 1.82) is 0 Å². The molecule has 90 valence electrons. The van der Waals surface area contributed by atoms with Gasteiger partial charge in [0.25, 0.3) is 0 Å². The molecule has 2 heterocycles. The van der Waals surface area contributed by atoms with Gasteiger partial charge in [0.1, 0.15) is 0 Å². The average molecular weight is 248 g/mol. The number of nitrogens with zero attached hydrogens (tertiary/aromatic N) is 1. The summed E-state index contributed by atoms with van der Waals surface area (Å²) in [5.41, 5.74) is 3.79. The van der Waals surface area contributed by atoms with Gasteiger partial charge in [0.15, 0.2) is 0 Å². The number of hydrogen-bond donors (Lipinski definition) is 1. The van der Waals surface area contributed by atoms with E-state index in [2.05, 4.69) is 28.0 Å². The molecule has 0 radical (unpaired) electrons. The minimum Gasteiger partial charge on any atom is -0.481 e. The van der Waals surface area contributed by atoms with Crippen LogP contribution in [0.3, 0.4) is 0 Å². The molecule has 17 heavy (non-hydrogen) atoms. The molecule has 2 rings (SSSR count). The number of hydrogen-bond acceptors (Lipinski definition) is 4. The van der Waals surface area contributed by atoms with Gasteiger partial charge in [-0.1, -0.05) is 6.07 Å². The Morgan fingerprint density at radius 2 is 2.12 bits per heavy atom. The van der Waals surface area contributed by atoms with Crippen LogP contribution in [0.4, 0.5) is 0 Å². The monoisotopic (exact) mass is 248 g/mol. The van der Waals surface area contributed by atoms with Gasteiger partial charge in [0.05, 0.1) is 7.11 Å². The number of nitrogens with one attached hydrogen (secondary N) is 1. The van der Waals surface area contributed by atoms with Crippen LogP contribution in [0.25, 0.3) is 0 Å². The van der Waals surface area contributed by atoms with E-state index in [1.165, 1.54) is 11.1 Å².